The van der Waals surface area contributed by atoms with E-state index in [9.17, 15) is 4.79 Å². The van der Waals surface area contributed by atoms with Crippen LogP contribution in [0.1, 0.15) is 24.5 Å². The molecule has 1 aromatic carbocycles. The van der Waals surface area contributed by atoms with Crippen molar-refractivity contribution >= 4 is 17.4 Å². The topological polar surface area (TPSA) is 96.9 Å². The summed E-state index contributed by atoms with van der Waals surface area (Å²) in [7, 11) is 0. The molecule has 0 spiro atoms. The number of hydrogen-bond acceptors (Lipinski definition) is 4. The SMILES string of the molecule is Cc1ccc(C(N)=NO)cc1NC(=O)C1CCOC1C. The second-order valence-electron chi connectivity index (χ2n) is 4.98. The largest absolute Gasteiger partial charge is 0.409 e. The summed E-state index contributed by atoms with van der Waals surface area (Å²) in [6.45, 7) is 4.40. The molecule has 1 heterocycles. The number of ether oxygens (including phenoxy) is 1. The first-order valence-corrected chi connectivity index (χ1v) is 6.54. The molecular weight excluding hydrogens is 258 g/mol. The average Bonchev–Trinajstić information content (AvgIpc) is 2.86. The summed E-state index contributed by atoms with van der Waals surface area (Å²) in [6, 6.07) is 5.25. The third-order valence-electron chi connectivity index (χ3n) is 3.61. The van der Waals surface area contributed by atoms with E-state index in [2.05, 4.69) is 10.5 Å². The van der Waals surface area contributed by atoms with E-state index in [0.717, 1.165) is 12.0 Å². The molecule has 4 N–H and O–H groups in total. The van der Waals surface area contributed by atoms with Gasteiger partial charge in [0.25, 0.3) is 0 Å². The van der Waals surface area contributed by atoms with E-state index < -0.39 is 0 Å². The van der Waals surface area contributed by atoms with Gasteiger partial charge in [0.15, 0.2) is 5.84 Å². The number of nitrogens with one attached hydrogen (secondary N) is 1. The second kappa shape index (κ2) is 5.92. The maximum Gasteiger partial charge on any atom is 0.230 e. The lowest BCUT2D eigenvalue weighted by Gasteiger charge is -2.16. The fourth-order valence-corrected chi connectivity index (χ4v) is 2.28. The minimum Gasteiger partial charge on any atom is -0.409 e. The van der Waals surface area contributed by atoms with Crippen molar-refractivity contribution in [2.45, 2.75) is 26.4 Å². The lowest BCUT2D eigenvalue weighted by molar-refractivity contribution is -0.121. The van der Waals surface area contributed by atoms with Gasteiger partial charge in [-0.05, 0) is 31.9 Å². The van der Waals surface area contributed by atoms with Gasteiger partial charge < -0.3 is 21.0 Å². The molecule has 6 heteroatoms. The van der Waals surface area contributed by atoms with Crippen LogP contribution in [0.25, 0.3) is 0 Å². The molecule has 0 saturated carbocycles. The van der Waals surface area contributed by atoms with Crippen LogP contribution >= 0.6 is 0 Å². The highest BCUT2D eigenvalue weighted by molar-refractivity contribution is 6.00. The molecular formula is C14H19N3O3. The molecule has 0 aromatic heterocycles. The van der Waals surface area contributed by atoms with E-state index in [1.165, 1.54) is 0 Å². The van der Waals surface area contributed by atoms with Gasteiger partial charge in [-0.15, -0.1) is 0 Å². The fourth-order valence-electron chi connectivity index (χ4n) is 2.28. The molecule has 1 amide bonds. The predicted molar refractivity (Wildman–Crippen MR) is 75.8 cm³/mol. The fraction of sp³-hybridized carbons (Fsp3) is 0.429. The van der Waals surface area contributed by atoms with Crippen molar-refractivity contribution in [1.82, 2.24) is 0 Å². The summed E-state index contributed by atoms with van der Waals surface area (Å²) in [5.74, 6) is -0.185. The van der Waals surface area contributed by atoms with Gasteiger partial charge in [0.2, 0.25) is 5.91 Å². The number of anilines is 1. The summed E-state index contributed by atoms with van der Waals surface area (Å²) in [6.07, 6.45) is 0.661. The number of carbonyl (C=O) groups is 1. The van der Waals surface area contributed by atoms with Crippen LogP contribution < -0.4 is 11.1 Å². The Balaban J connectivity index is 2.18. The summed E-state index contributed by atoms with van der Waals surface area (Å²) >= 11 is 0. The zero-order valence-corrected chi connectivity index (χ0v) is 11.6. The van der Waals surface area contributed by atoms with Crippen molar-refractivity contribution in [3.8, 4) is 0 Å². The average molecular weight is 277 g/mol. The Kier molecular flexibility index (Phi) is 4.24. The van der Waals surface area contributed by atoms with Crippen molar-refractivity contribution in [1.29, 1.82) is 0 Å². The number of amidine groups is 1. The number of oxime groups is 1. The molecule has 1 aliphatic rings. The van der Waals surface area contributed by atoms with E-state index in [-0.39, 0.29) is 23.8 Å². The van der Waals surface area contributed by atoms with Crippen LogP contribution in [-0.4, -0.2) is 29.7 Å². The number of nitrogens with zero attached hydrogens (tertiary/aromatic N) is 1. The first kappa shape index (κ1) is 14.3. The Morgan fingerprint density at radius 2 is 2.30 bits per heavy atom. The lowest BCUT2D eigenvalue weighted by atomic mass is 10.0. The lowest BCUT2D eigenvalue weighted by Crippen LogP contribution is -2.28. The van der Waals surface area contributed by atoms with Crippen LogP contribution in [0, 0.1) is 12.8 Å². The first-order chi connectivity index (χ1) is 9.52. The van der Waals surface area contributed by atoms with Gasteiger partial charge in [-0.2, -0.15) is 0 Å². The number of carbonyl (C=O) groups excluding carboxylic acids is 1. The molecule has 0 aliphatic carbocycles. The Bertz CT molecular complexity index is 542. The third-order valence-corrected chi connectivity index (χ3v) is 3.61. The summed E-state index contributed by atoms with van der Waals surface area (Å²) in [5, 5.41) is 14.5. The van der Waals surface area contributed by atoms with Crippen molar-refractivity contribution in [2.24, 2.45) is 16.8 Å². The standard InChI is InChI=1S/C14H19N3O3/c1-8-3-4-10(13(15)17-19)7-12(8)16-14(18)11-5-6-20-9(11)2/h3-4,7,9,11,19H,5-6H2,1-2H3,(H2,15,17)(H,16,18). The Labute approximate surface area is 117 Å². The molecule has 1 saturated heterocycles. The number of benzene rings is 1. The number of nitrogens with two attached hydrogens (primary N) is 1. The molecule has 1 aliphatic heterocycles. The smallest absolute Gasteiger partial charge is 0.230 e. The Morgan fingerprint density at radius 3 is 2.90 bits per heavy atom. The summed E-state index contributed by atoms with van der Waals surface area (Å²) in [4.78, 5) is 12.2. The number of hydrogen-bond donors (Lipinski definition) is 3. The highest BCUT2D eigenvalue weighted by atomic mass is 16.5. The van der Waals surface area contributed by atoms with Gasteiger partial charge >= 0.3 is 0 Å². The van der Waals surface area contributed by atoms with Gasteiger partial charge in [-0.1, -0.05) is 17.3 Å². The zero-order valence-electron chi connectivity index (χ0n) is 11.6. The van der Waals surface area contributed by atoms with E-state index in [1.54, 1.807) is 12.1 Å². The third kappa shape index (κ3) is 2.91. The van der Waals surface area contributed by atoms with Gasteiger partial charge in [-0.25, -0.2) is 0 Å². The molecule has 1 fully saturated rings. The molecule has 2 rings (SSSR count). The van der Waals surface area contributed by atoms with Crippen molar-refractivity contribution in [2.75, 3.05) is 11.9 Å². The molecule has 108 valence electrons. The molecule has 2 unspecified atom stereocenters. The van der Waals surface area contributed by atoms with Crippen LogP contribution in [0.4, 0.5) is 5.69 Å². The second-order valence-corrected chi connectivity index (χ2v) is 4.98. The zero-order chi connectivity index (χ0) is 14.7. The highest BCUT2D eigenvalue weighted by Gasteiger charge is 2.30. The number of amides is 1. The molecule has 20 heavy (non-hydrogen) atoms. The molecule has 0 radical (unpaired) electrons. The summed E-state index contributed by atoms with van der Waals surface area (Å²) in [5.41, 5.74) is 7.70. The molecule has 0 bridgehead atoms. The van der Waals surface area contributed by atoms with Gasteiger partial charge in [0.1, 0.15) is 0 Å². The van der Waals surface area contributed by atoms with Gasteiger partial charge in [0, 0.05) is 17.9 Å². The van der Waals surface area contributed by atoms with Gasteiger partial charge in [0.05, 0.1) is 12.0 Å². The normalized spacial score (nSPS) is 22.8. The van der Waals surface area contributed by atoms with Gasteiger partial charge in [-0.3, -0.25) is 4.79 Å². The minimum atomic E-state index is -0.137. The Hall–Kier alpha value is -2.08. The van der Waals surface area contributed by atoms with E-state index >= 15 is 0 Å². The maximum atomic E-state index is 12.2. The van der Waals surface area contributed by atoms with Crippen molar-refractivity contribution in [3.05, 3.63) is 29.3 Å². The van der Waals surface area contributed by atoms with Crippen LogP contribution in [0.2, 0.25) is 0 Å². The number of aryl methyl sites for hydroxylation is 1. The quantitative estimate of drug-likeness (QED) is 0.337. The monoisotopic (exact) mass is 277 g/mol. The van der Waals surface area contributed by atoms with Crippen LogP contribution in [0.3, 0.4) is 0 Å². The predicted octanol–water partition coefficient (Wildman–Crippen LogP) is 1.45. The van der Waals surface area contributed by atoms with Crippen molar-refractivity contribution < 1.29 is 14.7 Å². The maximum absolute atomic E-state index is 12.2. The van der Waals surface area contributed by atoms with Crippen LogP contribution in [0.5, 0.6) is 0 Å². The molecule has 2 atom stereocenters. The summed E-state index contributed by atoms with van der Waals surface area (Å²) < 4.78 is 5.40. The number of rotatable bonds is 3. The first-order valence-electron chi connectivity index (χ1n) is 6.54. The van der Waals surface area contributed by atoms with Crippen molar-refractivity contribution in [3.63, 3.8) is 0 Å². The molecule has 1 aromatic rings. The van der Waals surface area contributed by atoms with E-state index in [0.29, 0.717) is 17.9 Å². The van der Waals surface area contributed by atoms with E-state index in [1.807, 2.05) is 19.9 Å². The minimum absolute atomic E-state index is 0.0121. The van der Waals surface area contributed by atoms with E-state index in [4.69, 9.17) is 15.7 Å². The highest BCUT2D eigenvalue weighted by Crippen LogP contribution is 2.24. The molecule has 6 nitrogen and oxygen atoms in total. The van der Waals surface area contributed by atoms with Crippen LogP contribution in [-0.2, 0) is 9.53 Å². The Morgan fingerprint density at radius 1 is 1.55 bits per heavy atom. The van der Waals surface area contributed by atoms with Crippen LogP contribution in [0.15, 0.2) is 23.4 Å².